The number of amides is 2. The van der Waals surface area contributed by atoms with Gasteiger partial charge >= 0.3 is 0 Å². The molecule has 0 atom stereocenters. The first-order valence-electron chi connectivity index (χ1n) is 11.0. The lowest BCUT2D eigenvalue weighted by molar-refractivity contribution is -0.118. The van der Waals surface area contributed by atoms with E-state index in [0.717, 1.165) is 22.6 Å². The van der Waals surface area contributed by atoms with Gasteiger partial charge in [0.25, 0.3) is 0 Å². The molecule has 0 aliphatic carbocycles. The SMILES string of the molecule is C=C(C)C(=O)NCCOc1ccc(C(C)(C)c2ccc(OCCNC(=O)C(=C)C)cc2)cc1. The van der Waals surface area contributed by atoms with E-state index in [1.807, 2.05) is 24.3 Å². The number of benzene rings is 2. The molecular weight excluding hydrogens is 416 g/mol. The fourth-order valence-electron chi connectivity index (χ4n) is 3.07. The van der Waals surface area contributed by atoms with Crippen LogP contribution in [0.15, 0.2) is 72.8 Å². The van der Waals surface area contributed by atoms with Gasteiger partial charge in [0.2, 0.25) is 11.8 Å². The summed E-state index contributed by atoms with van der Waals surface area (Å²) in [5.74, 6) is 1.17. The number of carbonyl (C=O) groups excluding carboxylic acids is 2. The molecule has 0 heterocycles. The zero-order chi connectivity index (χ0) is 24.4. The highest BCUT2D eigenvalue weighted by atomic mass is 16.5. The van der Waals surface area contributed by atoms with Crippen molar-refractivity contribution in [1.82, 2.24) is 10.6 Å². The van der Waals surface area contributed by atoms with Crippen LogP contribution in [0.1, 0.15) is 38.8 Å². The van der Waals surface area contributed by atoms with Crippen LogP contribution in [0.4, 0.5) is 0 Å². The number of carbonyl (C=O) groups is 2. The normalized spacial score (nSPS) is 10.8. The van der Waals surface area contributed by atoms with Crippen LogP contribution >= 0.6 is 0 Å². The van der Waals surface area contributed by atoms with E-state index in [-0.39, 0.29) is 17.2 Å². The Kier molecular flexibility index (Phi) is 9.28. The van der Waals surface area contributed by atoms with Crippen molar-refractivity contribution in [2.45, 2.75) is 33.1 Å². The van der Waals surface area contributed by atoms with Gasteiger partial charge in [-0.25, -0.2) is 0 Å². The standard InChI is InChI=1S/C27H34N2O4/c1-19(2)25(30)28-15-17-32-23-11-7-21(8-12-23)27(5,6)22-9-13-24(14-10-22)33-18-16-29-26(31)20(3)4/h7-14H,1,3,15-18H2,2,4-6H3,(H,28,30)(H,29,31). The summed E-state index contributed by atoms with van der Waals surface area (Å²) in [5, 5.41) is 5.49. The lowest BCUT2D eigenvalue weighted by Crippen LogP contribution is -2.28. The molecule has 0 saturated carbocycles. The van der Waals surface area contributed by atoms with Crippen LogP contribution in [0.3, 0.4) is 0 Å². The fourth-order valence-corrected chi connectivity index (χ4v) is 3.07. The average Bonchev–Trinajstić information content (AvgIpc) is 2.79. The summed E-state index contributed by atoms with van der Waals surface area (Å²) in [6.45, 7) is 16.5. The maximum absolute atomic E-state index is 11.5. The van der Waals surface area contributed by atoms with E-state index in [0.29, 0.717) is 37.4 Å². The lowest BCUT2D eigenvalue weighted by Gasteiger charge is -2.26. The van der Waals surface area contributed by atoms with Gasteiger partial charge < -0.3 is 20.1 Å². The summed E-state index contributed by atoms with van der Waals surface area (Å²) in [7, 11) is 0. The van der Waals surface area contributed by atoms with Crippen molar-refractivity contribution in [2.24, 2.45) is 0 Å². The second-order valence-corrected chi connectivity index (χ2v) is 8.44. The Balaban J connectivity index is 1.88. The second kappa shape index (κ2) is 11.9. The van der Waals surface area contributed by atoms with E-state index in [1.54, 1.807) is 13.8 Å². The molecule has 0 spiro atoms. The predicted octanol–water partition coefficient (Wildman–Crippen LogP) is 4.15. The quantitative estimate of drug-likeness (QED) is 0.376. The lowest BCUT2D eigenvalue weighted by atomic mass is 9.78. The van der Waals surface area contributed by atoms with Crippen molar-refractivity contribution in [3.8, 4) is 11.5 Å². The van der Waals surface area contributed by atoms with Gasteiger partial charge in [-0.1, -0.05) is 51.3 Å². The van der Waals surface area contributed by atoms with Crippen molar-refractivity contribution < 1.29 is 19.1 Å². The maximum atomic E-state index is 11.5. The highest BCUT2D eigenvalue weighted by Gasteiger charge is 2.23. The van der Waals surface area contributed by atoms with Crippen LogP contribution in [0.25, 0.3) is 0 Å². The molecule has 2 amide bonds. The van der Waals surface area contributed by atoms with E-state index in [9.17, 15) is 9.59 Å². The van der Waals surface area contributed by atoms with Crippen molar-refractivity contribution in [3.05, 3.63) is 84.0 Å². The van der Waals surface area contributed by atoms with Gasteiger partial charge in [0, 0.05) is 16.6 Å². The van der Waals surface area contributed by atoms with Crippen LogP contribution in [0.2, 0.25) is 0 Å². The molecule has 0 aliphatic rings. The summed E-state index contributed by atoms with van der Waals surface area (Å²) in [5.41, 5.74) is 3.06. The Labute approximate surface area is 196 Å². The van der Waals surface area contributed by atoms with Gasteiger partial charge in [0.15, 0.2) is 0 Å². The van der Waals surface area contributed by atoms with Crippen molar-refractivity contribution in [3.63, 3.8) is 0 Å². The molecule has 6 heteroatoms. The number of hydrogen-bond acceptors (Lipinski definition) is 4. The van der Waals surface area contributed by atoms with E-state index in [2.05, 4.69) is 61.9 Å². The number of ether oxygens (including phenoxy) is 2. The first-order valence-corrected chi connectivity index (χ1v) is 11.0. The average molecular weight is 451 g/mol. The Hall–Kier alpha value is -3.54. The number of nitrogens with one attached hydrogen (secondary N) is 2. The summed E-state index contributed by atoms with van der Waals surface area (Å²) >= 11 is 0. The Morgan fingerprint density at radius 3 is 1.36 bits per heavy atom. The van der Waals surface area contributed by atoms with Gasteiger partial charge in [-0.05, 0) is 49.2 Å². The summed E-state index contributed by atoms with van der Waals surface area (Å²) in [6, 6.07) is 16.0. The molecule has 2 rings (SSSR count). The molecule has 0 radical (unpaired) electrons. The van der Waals surface area contributed by atoms with E-state index < -0.39 is 0 Å². The molecule has 2 N–H and O–H groups in total. The highest BCUT2D eigenvalue weighted by molar-refractivity contribution is 5.92. The molecule has 33 heavy (non-hydrogen) atoms. The van der Waals surface area contributed by atoms with Gasteiger partial charge in [-0.3, -0.25) is 9.59 Å². The van der Waals surface area contributed by atoms with Gasteiger partial charge in [-0.15, -0.1) is 0 Å². The monoisotopic (exact) mass is 450 g/mol. The van der Waals surface area contributed by atoms with Gasteiger partial charge in [0.1, 0.15) is 24.7 Å². The molecule has 2 aromatic rings. The maximum Gasteiger partial charge on any atom is 0.246 e. The van der Waals surface area contributed by atoms with E-state index in [1.165, 1.54) is 0 Å². The molecule has 0 aromatic heterocycles. The minimum Gasteiger partial charge on any atom is -0.492 e. The van der Waals surface area contributed by atoms with Crippen LogP contribution in [-0.4, -0.2) is 38.1 Å². The largest absolute Gasteiger partial charge is 0.492 e. The zero-order valence-electron chi connectivity index (χ0n) is 20.0. The Bertz CT molecular complexity index is 897. The Morgan fingerprint density at radius 2 is 1.06 bits per heavy atom. The van der Waals surface area contributed by atoms with Gasteiger partial charge in [0.05, 0.1) is 13.1 Å². The molecule has 176 valence electrons. The topological polar surface area (TPSA) is 76.7 Å². The predicted molar refractivity (Wildman–Crippen MR) is 132 cm³/mol. The van der Waals surface area contributed by atoms with Gasteiger partial charge in [-0.2, -0.15) is 0 Å². The third-order valence-electron chi connectivity index (χ3n) is 5.24. The number of hydrogen-bond donors (Lipinski definition) is 2. The van der Waals surface area contributed by atoms with Crippen molar-refractivity contribution >= 4 is 11.8 Å². The molecule has 0 unspecified atom stereocenters. The van der Waals surface area contributed by atoms with Crippen LogP contribution in [0.5, 0.6) is 11.5 Å². The van der Waals surface area contributed by atoms with Crippen molar-refractivity contribution in [1.29, 1.82) is 0 Å². The molecule has 0 aliphatic heterocycles. The Morgan fingerprint density at radius 1 is 0.727 bits per heavy atom. The molecule has 0 bridgehead atoms. The first-order chi connectivity index (χ1) is 15.6. The van der Waals surface area contributed by atoms with Crippen LogP contribution < -0.4 is 20.1 Å². The number of rotatable bonds is 12. The van der Waals surface area contributed by atoms with Crippen LogP contribution in [-0.2, 0) is 15.0 Å². The molecule has 0 fully saturated rings. The first kappa shape index (κ1) is 25.7. The zero-order valence-corrected chi connectivity index (χ0v) is 20.0. The third kappa shape index (κ3) is 7.83. The van der Waals surface area contributed by atoms with Crippen LogP contribution in [0, 0.1) is 0 Å². The molecule has 2 aromatic carbocycles. The fraction of sp³-hybridized carbons (Fsp3) is 0.333. The molecule has 0 saturated heterocycles. The minimum atomic E-state index is -0.206. The third-order valence-corrected chi connectivity index (χ3v) is 5.24. The summed E-state index contributed by atoms with van der Waals surface area (Å²) in [6.07, 6.45) is 0. The highest BCUT2D eigenvalue weighted by Crippen LogP contribution is 2.33. The minimum absolute atomic E-state index is 0.165. The molecule has 6 nitrogen and oxygen atoms in total. The molecular formula is C27H34N2O4. The van der Waals surface area contributed by atoms with E-state index in [4.69, 9.17) is 9.47 Å². The van der Waals surface area contributed by atoms with E-state index >= 15 is 0 Å². The summed E-state index contributed by atoms with van der Waals surface area (Å²) in [4.78, 5) is 23.0. The smallest absolute Gasteiger partial charge is 0.246 e. The summed E-state index contributed by atoms with van der Waals surface area (Å²) < 4.78 is 11.4. The van der Waals surface area contributed by atoms with Crippen molar-refractivity contribution in [2.75, 3.05) is 26.3 Å². The second-order valence-electron chi connectivity index (χ2n) is 8.44.